The third kappa shape index (κ3) is 6.30. The van der Waals surface area contributed by atoms with E-state index in [1.165, 1.54) is 12.1 Å². The number of nitrogens with zero attached hydrogens (tertiary/aromatic N) is 1. The third-order valence-corrected chi connectivity index (χ3v) is 6.99. The molecule has 0 aromatic heterocycles. The van der Waals surface area contributed by atoms with Crippen LogP contribution in [0.3, 0.4) is 0 Å². The Bertz CT molecular complexity index is 1090. The minimum absolute atomic E-state index is 0.192. The van der Waals surface area contributed by atoms with Gasteiger partial charge in [-0.3, -0.25) is 9.10 Å². The molecule has 2 rings (SSSR count). The lowest BCUT2D eigenvalue weighted by Gasteiger charge is -2.23. The van der Waals surface area contributed by atoms with Crippen LogP contribution in [0, 0.1) is 0 Å². The van der Waals surface area contributed by atoms with E-state index < -0.39 is 31.8 Å². The molecule has 0 aliphatic rings. The van der Waals surface area contributed by atoms with E-state index in [1.54, 1.807) is 31.2 Å². The average Bonchev–Trinajstić information content (AvgIpc) is 2.64. The van der Waals surface area contributed by atoms with Gasteiger partial charge >= 0.3 is 0 Å². The number of sulfonamides is 1. The normalized spacial score (nSPS) is 13.1. The van der Waals surface area contributed by atoms with Gasteiger partial charge in [0.2, 0.25) is 15.9 Å². The minimum atomic E-state index is -3.66. The molecule has 0 saturated carbocycles. The number of nitrogens with one attached hydrogen (secondary N) is 1. The second-order valence-corrected chi connectivity index (χ2v) is 11.6. The Hall–Kier alpha value is -2.39. The van der Waals surface area contributed by atoms with Crippen LogP contribution >= 0.6 is 0 Å². The highest BCUT2D eigenvalue weighted by Gasteiger charge is 2.22. The first-order chi connectivity index (χ1) is 13.8. The summed E-state index contributed by atoms with van der Waals surface area (Å²) in [5.41, 5.74) is 2.20. The van der Waals surface area contributed by atoms with Crippen molar-refractivity contribution in [1.82, 2.24) is 5.32 Å². The third-order valence-electron chi connectivity index (χ3n) is 4.72. The van der Waals surface area contributed by atoms with Crippen molar-refractivity contribution in [3.63, 3.8) is 0 Å². The Morgan fingerprint density at radius 1 is 0.867 bits per heavy atom. The van der Waals surface area contributed by atoms with Crippen LogP contribution in [0.4, 0.5) is 5.69 Å². The van der Waals surface area contributed by atoms with E-state index in [0.29, 0.717) is 17.2 Å². The number of carbonyl (C=O) groups is 1. The molecule has 0 fully saturated rings. The molecule has 0 bridgehead atoms. The Morgan fingerprint density at radius 3 is 1.80 bits per heavy atom. The first-order valence-electron chi connectivity index (χ1n) is 9.46. The number of hydrogen-bond acceptors (Lipinski definition) is 5. The van der Waals surface area contributed by atoms with E-state index in [9.17, 15) is 21.6 Å². The molecule has 9 heteroatoms. The summed E-state index contributed by atoms with van der Waals surface area (Å²) in [4.78, 5) is 12.7. The monoisotopic (exact) mass is 452 g/mol. The Kier molecular flexibility index (Phi) is 7.31. The minimum Gasteiger partial charge on any atom is -0.348 e. The van der Waals surface area contributed by atoms with Crippen molar-refractivity contribution in [1.29, 1.82) is 0 Å². The Labute approximate surface area is 179 Å². The van der Waals surface area contributed by atoms with E-state index >= 15 is 0 Å². The maximum Gasteiger partial charge on any atom is 0.241 e. The van der Waals surface area contributed by atoms with E-state index in [2.05, 4.69) is 5.32 Å². The molecule has 0 spiro atoms. The molecule has 1 atom stereocenters. The summed E-state index contributed by atoms with van der Waals surface area (Å²) in [5.74, 6) is -0.156. The first-order valence-corrected chi connectivity index (χ1v) is 13.2. The summed E-state index contributed by atoms with van der Waals surface area (Å²) < 4.78 is 48.7. The summed E-state index contributed by atoms with van der Waals surface area (Å²) in [5, 5.41) is 2.76. The second-order valence-electron chi connectivity index (χ2n) is 7.65. The number of anilines is 1. The Morgan fingerprint density at radius 2 is 1.37 bits per heavy atom. The smallest absolute Gasteiger partial charge is 0.241 e. The van der Waals surface area contributed by atoms with E-state index in [0.717, 1.165) is 22.4 Å². The van der Waals surface area contributed by atoms with Crippen LogP contribution in [-0.4, -0.2) is 41.8 Å². The first kappa shape index (κ1) is 23.9. The Balaban J connectivity index is 2.14. The van der Waals surface area contributed by atoms with Gasteiger partial charge < -0.3 is 5.32 Å². The molecular formula is C21H28N2O5S2. The molecule has 0 unspecified atom stereocenters. The maximum atomic E-state index is 12.5. The van der Waals surface area contributed by atoms with Crippen LogP contribution in [-0.2, 0) is 24.7 Å². The van der Waals surface area contributed by atoms with Crippen molar-refractivity contribution in [2.45, 2.75) is 37.6 Å². The summed E-state index contributed by atoms with van der Waals surface area (Å²) in [6, 6.07) is 12.9. The van der Waals surface area contributed by atoms with Crippen LogP contribution in [0.5, 0.6) is 0 Å². The molecule has 1 amide bonds. The van der Waals surface area contributed by atoms with Crippen molar-refractivity contribution >= 4 is 31.5 Å². The molecule has 0 aliphatic heterocycles. The predicted molar refractivity (Wildman–Crippen MR) is 119 cm³/mol. The van der Waals surface area contributed by atoms with Gasteiger partial charge in [-0.25, -0.2) is 16.8 Å². The molecule has 0 aliphatic carbocycles. The number of sulfone groups is 1. The van der Waals surface area contributed by atoms with E-state index in [-0.39, 0.29) is 11.4 Å². The van der Waals surface area contributed by atoms with Crippen molar-refractivity contribution in [3.05, 3.63) is 59.7 Å². The summed E-state index contributed by atoms with van der Waals surface area (Å²) >= 11 is 0. The van der Waals surface area contributed by atoms with E-state index in [4.69, 9.17) is 0 Å². The SMILES string of the molecule is CC(C)c1ccc(N(CC(=O)N[C@H](C)c2ccc(S(C)(=O)=O)cc2)S(C)(=O)=O)cc1. The lowest BCUT2D eigenvalue weighted by molar-refractivity contribution is -0.120. The number of hydrogen-bond donors (Lipinski definition) is 1. The fourth-order valence-corrected chi connectivity index (χ4v) is 4.42. The molecule has 1 N–H and O–H groups in total. The standard InChI is InChI=1S/C21H28N2O5S2/c1-15(2)17-6-10-19(11-7-17)23(30(5,27)28)14-21(24)22-16(3)18-8-12-20(13-9-18)29(4,25)26/h6-13,15-16H,14H2,1-5H3,(H,22,24)/t16-/m1/s1. The van der Waals surface area contributed by atoms with Crippen LogP contribution in [0.2, 0.25) is 0 Å². The molecule has 0 heterocycles. The number of amides is 1. The number of carbonyl (C=O) groups excluding carboxylic acids is 1. The molecule has 0 saturated heterocycles. The van der Waals surface area contributed by atoms with Crippen LogP contribution in [0.1, 0.15) is 43.9 Å². The van der Waals surface area contributed by atoms with Gasteiger partial charge in [-0.15, -0.1) is 0 Å². The van der Waals surface area contributed by atoms with E-state index in [1.807, 2.05) is 26.0 Å². The summed E-state index contributed by atoms with van der Waals surface area (Å²) in [6.07, 6.45) is 2.19. The van der Waals surface area contributed by atoms with Gasteiger partial charge in [0.15, 0.2) is 9.84 Å². The van der Waals surface area contributed by atoms with Gasteiger partial charge in [-0.05, 0) is 48.2 Å². The van der Waals surface area contributed by atoms with Crippen LogP contribution in [0.15, 0.2) is 53.4 Å². The van der Waals surface area contributed by atoms with Crippen molar-refractivity contribution in [2.75, 3.05) is 23.4 Å². The van der Waals surface area contributed by atoms with Crippen molar-refractivity contribution in [2.24, 2.45) is 0 Å². The zero-order valence-electron chi connectivity index (χ0n) is 17.8. The number of benzene rings is 2. The molecule has 0 radical (unpaired) electrons. The molecule has 2 aromatic carbocycles. The highest BCUT2D eigenvalue weighted by molar-refractivity contribution is 7.92. The molecule has 164 valence electrons. The summed E-state index contributed by atoms with van der Waals surface area (Å²) in [7, 11) is -6.96. The lowest BCUT2D eigenvalue weighted by Crippen LogP contribution is -2.41. The van der Waals surface area contributed by atoms with Gasteiger partial charge in [-0.2, -0.15) is 0 Å². The zero-order valence-corrected chi connectivity index (χ0v) is 19.4. The highest BCUT2D eigenvalue weighted by Crippen LogP contribution is 2.22. The van der Waals surface area contributed by atoms with Gasteiger partial charge in [0.25, 0.3) is 0 Å². The second kappa shape index (κ2) is 9.18. The van der Waals surface area contributed by atoms with Crippen LogP contribution < -0.4 is 9.62 Å². The summed E-state index contributed by atoms with van der Waals surface area (Å²) in [6.45, 7) is 5.47. The molecular weight excluding hydrogens is 424 g/mol. The highest BCUT2D eigenvalue weighted by atomic mass is 32.2. The molecule has 2 aromatic rings. The van der Waals surface area contributed by atoms with Gasteiger partial charge in [0, 0.05) is 6.26 Å². The fraction of sp³-hybridized carbons (Fsp3) is 0.381. The number of rotatable bonds is 8. The fourth-order valence-electron chi connectivity index (χ4n) is 2.93. The molecule has 30 heavy (non-hydrogen) atoms. The van der Waals surface area contributed by atoms with Crippen molar-refractivity contribution in [3.8, 4) is 0 Å². The van der Waals surface area contributed by atoms with Gasteiger partial charge in [0.1, 0.15) is 6.54 Å². The van der Waals surface area contributed by atoms with Crippen LogP contribution in [0.25, 0.3) is 0 Å². The zero-order chi connectivity index (χ0) is 22.7. The van der Waals surface area contributed by atoms with Crippen molar-refractivity contribution < 1.29 is 21.6 Å². The van der Waals surface area contributed by atoms with Gasteiger partial charge in [-0.1, -0.05) is 38.1 Å². The maximum absolute atomic E-state index is 12.5. The predicted octanol–water partition coefficient (Wildman–Crippen LogP) is 2.86. The lowest BCUT2D eigenvalue weighted by atomic mass is 10.0. The average molecular weight is 453 g/mol. The molecule has 7 nitrogen and oxygen atoms in total. The quantitative estimate of drug-likeness (QED) is 0.664. The largest absolute Gasteiger partial charge is 0.348 e. The topological polar surface area (TPSA) is 101 Å². The van der Waals surface area contributed by atoms with Gasteiger partial charge in [0.05, 0.1) is 22.9 Å².